The summed E-state index contributed by atoms with van der Waals surface area (Å²) >= 11 is 0. The number of aromatic nitrogens is 1. The van der Waals surface area contributed by atoms with Crippen LogP contribution in [-0.4, -0.2) is 29.1 Å². The maximum absolute atomic E-state index is 11.5. The van der Waals surface area contributed by atoms with E-state index in [4.69, 9.17) is 4.74 Å². The summed E-state index contributed by atoms with van der Waals surface area (Å²) in [4.78, 5) is 17.2. The molecular weight excluding hydrogens is 192 g/mol. The number of carbonyl (C=O) groups is 1. The van der Waals surface area contributed by atoms with Gasteiger partial charge in [0, 0.05) is 31.0 Å². The fraction of sp³-hybridized carbons (Fsp3) is 0.455. The van der Waals surface area contributed by atoms with Gasteiger partial charge in [0.05, 0.1) is 0 Å². The normalized spacial score (nSPS) is 15.3. The third kappa shape index (κ3) is 2.68. The van der Waals surface area contributed by atoms with E-state index in [1.54, 1.807) is 17.3 Å². The number of likely N-dealkylation sites (tertiary alicyclic amines) is 1. The monoisotopic (exact) mass is 206 g/mol. The molecule has 1 aliphatic rings. The van der Waals surface area contributed by atoms with Gasteiger partial charge in [0.1, 0.15) is 6.61 Å². The van der Waals surface area contributed by atoms with E-state index >= 15 is 0 Å². The number of amides is 1. The van der Waals surface area contributed by atoms with Gasteiger partial charge in [0.25, 0.3) is 0 Å². The van der Waals surface area contributed by atoms with Gasteiger partial charge in [-0.2, -0.15) is 0 Å². The quantitative estimate of drug-likeness (QED) is 0.741. The van der Waals surface area contributed by atoms with Gasteiger partial charge in [-0.25, -0.2) is 4.79 Å². The fourth-order valence-electron chi connectivity index (χ4n) is 1.62. The van der Waals surface area contributed by atoms with Crippen LogP contribution in [0.15, 0.2) is 24.5 Å². The van der Waals surface area contributed by atoms with Crippen molar-refractivity contribution in [1.29, 1.82) is 0 Å². The smallest absolute Gasteiger partial charge is 0.410 e. The molecule has 2 heterocycles. The maximum Gasteiger partial charge on any atom is 0.410 e. The summed E-state index contributed by atoms with van der Waals surface area (Å²) in [6, 6.07) is 3.73. The van der Waals surface area contributed by atoms with E-state index in [9.17, 15) is 4.79 Å². The molecule has 0 unspecified atom stereocenters. The van der Waals surface area contributed by atoms with E-state index in [2.05, 4.69) is 4.98 Å². The van der Waals surface area contributed by atoms with Crippen LogP contribution in [0.2, 0.25) is 0 Å². The van der Waals surface area contributed by atoms with E-state index in [0.29, 0.717) is 6.61 Å². The van der Waals surface area contributed by atoms with Gasteiger partial charge in [-0.1, -0.05) is 6.07 Å². The maximum atomic E-state index is 11.5. The number of hydrogen-bond acceptors (Lipinski definition) is 3. The van der Waals surface area contributed by atoms with Crippen LogP contribution in [-0.2, 0) is 11.3 Å². The first-order valence-corrected chi connectivity index (χ1v) is 5.17. The topological polar surface area (TPSA) is 42.4 Å². The first kappa shape index (κ1) is 9.96. The zero-order valence-corrected chi connectivity index (χ0v) is 8.56. The van der Waals surface area contributed by atoms with Gasteiger partial charge in [0.2, 0.25) is 0 Å². The number of hydrogen-bond donors (Lipinski definition) is 0. The second-order valence-electron chi connectivity index (χ2n) is 3.61. The third-order valence-electron chi connectivity index (χ3n) is 2.45. The minimum Gasteiger partial charge on any atom is -0.444 e. The Labute approximate surface area is 88.9 Å². The van der Waals surface area contributed by atoms with Crippen LogP contribution in [0.5, 0.6) is 0 Å². The number of ether oxygens (including phenoxy) is 1. The van der Waals surface area contributed by atoms with Gasteiger partial charge in [0.15, 0.2) is 0 Å². The summed E-state index contributed by atoms with van der Waals surface area (Å²) in [5, 5.41) is 0. The minimum atomic E-state index is -0.212. The molecule has 0 radical (unpaired) electrons. The Bertz CT molecular complexity index is 321. The summed E-state index contributed by atoms with van der Waals surface area (Å²) in [5.41, 5.74) is 0.921. The molecule has 0 aromatic carbocycles. The van der Waals surface area contributed by atoms with E-state index in [-0.39, 0.29) is 6.09 Å². The summed E-state index contributed by atoms with van der Waals surface area (Å²) in [6.07, 6.45) is 5.36. The van der Waals surface area contributed by atoms with Gasteiger partial charge in [-0.3, -0.25) is 4.98 Å². The molecule has 4 nitrogen and oxygen atoms in total. The lowest BCUT2D eigenvalue weighted by molar-refractivity contribution is 0.104. The second-order valence-corrected chi connectivity index (χ2v) is 3.61. The first-order valence-electron chi connectivity index (χ1n) is 5.17. The highest BCUT2D eigenvalue weighted by Crippen LogP contribution is 2.09. The molecule has 1 fully saturated rings. The molecule has 80 valence electrons. The lowest BCUT2D eigenvalue weighted by Crippen LogP contribution is -2.28. The Morgan fingerprint density at radius 3 is 2.93 bits per heavy atom. The molecule has 1 amide bonds. The lowest BCUT2D eigenvalue weighted by atomic mass is 10.3. The largest absolute Gasteiger partial charge is 0.444 e. The number of rotatable bonds is 2. The predicted molar refractivity (Wildman–Crippen MR) is 55.2 cm³/mol. The summed E-state index contributed by atoms with van der Waals surface area (Å²) in [6.45, 7) is 1.96. The highest BCUT2D eigenvalue weighted by molar-refractivity contribution is 5.67. The van der Waals surface area contributed by atoms with Gasteiger partial charge in [-0.15, -0.1) is 0 Å². The Kier molecular flexibility index (Phi) is 3.17. The molecule has 1 aromatic rings. The Morgan fingerprint density at radius 1 is 1.47 bits per heavy atom. The average molecular weight is 206 g/mol. The van der Waals surface area contributed by atoms with Crippen molar-refractivity contribution < 1.29 is 9.53 Å². The van der Waals surface area contributed by atoms with Crippen LogP contribution in [0.4, 0.5) is 4.79 Å². The summed E-state index contributed by atoms with van der Waals surface area (Å²) < 4.78 is 5.16. The van der Waals surface area contributed by atoms with Crippen molar-refractivity contribution in [3.8, 4) is 0 Å². The highest BCUT2D eigenvalue weighted by Gasteiger charge is 2.18. The molecular formula is C11H14N2O2. The zero-order valence-electron chi connectivity index (χ0n) is 8.56. The standard InChI is InChI=1S/C11H14N2O2/c14-11(13-6-1-2-7-13)15-9-10-4-3-5-12-8-10/h3-5,8H,1-2,6-7,9H2. The molecule has 15 heavy (non-hydrogen) atoms. The first-order chi connectivity index (χ1) is 7.36. The Balaban J connectivity index is 1.80. The van der Waals surface area contributed by atoms with E-state index < -0.39 is 0 Å². The van der Waals surface area contributed by atoms with E-state index in [1.165, 1.54) is 0 Å². The molecule has 1 aliphatic heterocycles. The molecule has 2 rings (SSSR count). The van der Waals surface area contributed by atoms with Crippen LogP contribution in [0, 0.1) is 0 Å². The number of pyridine rings is 1. The van der Waals surface area contributed by atoms with E-state index in [0.717, 1.165) is 31.5 Å². The molecule has 0 aliphatic carbocycles. The van der Waals surface area contributed by atoms with Gasteiger partial charge >= 0.3 is 6.09 Å². The van der Waals surface area contributed by atoms with Crippen LogP contribution >= 0.6 is 0 Å². The zero-order chi connectivity index (χ0) is 10.5. The van der Waals surface area contributed by atoms with Gasteiger partial charge in [-0.05, 0) is 18.9 Å². The summed E-state index contributed by atoms with van der Waals surface area (Å²) in [5.74, 6) is 0. The van der Waals surface area contributed by atoms with Crippen LogP contribution < -0.4 is 0 Å². The number of carbonyl (C=O) groups excluding carboxylic acids is 1. The van der Waals surface area contributed by atoms with Crippen molar-refractivity contribution in [3.63, 3.8) is 0 Å². The molecule has 0 bridgehead atoms. The minimum absolute atomic E-state index is 0.212. The van der Waals surface area contributed by atoms with E-state index in [1.807, 2.05) is 12.1 Å². The van der Waals surface area contributed by atoms with Crippen molar-refractivity contribution in [2.75, 3.05) is 13.1 Å². The SMILES string of the molecule is O=C(OCc1cccnc1)N1CCCC1. The molecule has 0 spiro atoms. The number of nitrogens with zero attached hydrogens (tertiary/aromatic N) is 2. The predicted octanol–water partition coefficient (Wildman–Crippen LogP) is 1.81. The molecule has 0 N–H and O–H groups in total. The van der Waals surface area contributed by atoms with Crippen LogP contribution in [0.1, 0.15) is 18.4 Å². The molecule has 0 atom stereocenters. The second kappa shape index (κ2) is 4.77. The molecule has 1 aromatic heterocycles. The van der Waals surface area contributed by atoms with Crippen LogP contribution in [0.25, 0.3) is 0 Å². The lowest BCUT2D eigenvalue weighted by Gasteiger charge is -2.14. The average Bonchev–Trinajstić information content (AvgIpc) is 2.81. The van der Waals surface area contributed by atoms with Crippen molar-refractivity contribution >= 4 is 6.09 Å². The van der Waals surface area contributed by atoms with Crippen molar-refractivity contribution in [3.05, 3.63) is 30.1 Å². The Morgan fingerprint density at radius 2 is 2.27 bits per heavy atom. The molecule has 0 saturated carbocycles. The highest BCUT2D eigenvalue weighted by atomic mass is 16.6. The Hall–Kier alpha value is -1.58. The molecule has 4 heteroatoms. The fourth-order valence-corrected chi connectivity index (χ4v) is 1.62. The third-order valence-corrected chi connectivity index (χ3v) is 2.45. The van der Waals surface area contributed by atoms with Gasteiger partial charge < -0.3 is 9.64 Å². The van der Waals surface area contributed by atoms with Crippen LogP contribution in [0.3, 0.4) is 0 Å². The summed E-state index contributed by atoms with van der Waals surface area (Å²) in [7, 11) is 0. The van der Waals surface area contributed by atoms with Crippen molar-refractivity contribution in [2.45, 2.75) is 19.4 Å². The van der Waals surface area contributed by atoms with Crippen molar-refractivity contribution in [1.82, 2.24) is 9.88 Å². The van der Waals surface area contributed by atoms with Crippen molar-refractivity contribution in [2.24, 2.45) is 0 Å². The molecule has 1 saturated heterocycles.